The van der Waals surface area contributed by atoms with Crippen molar-refractivity contribution in [1.29, 1.82) is 0 Å². The van der Waals surface area contributed by atoms with Crippen molar-refractivity contribution in [1.82, 2.24) is 9.21 Å². The molecule has 2 saturated heterocycles. The lowest BCUT2D eigenvalue weighted by molar-refractivity contribution is -0.138. The molecule has 1 aromatic rings. The van der Waals surface area contributed by atoms with Gasteiger partial charge in [0, 0.05) is 26.2 Å². The van der Waals surface area contributed by atoms with Crippen LogP contribution in [0, 0.1) is 0 Å². The molecule has 3 rings (SSSR count). The van der Waals surface area contributed by atoms with Crippen molar-refractivity contribution >= 4 is 21.9 Å². The lowest BCUT2D eigenvalue weighted by Gasteiger charge is -2.21. The Labute approximate surface area is 166 Å². The third-order valence-corrected chi connectivity index (χ3v) is 7.22. The van der Waals surface area contributed by atoms with Crippen LogP contribution in [0.2, 0.25) is 0 Å². The Morgan fingerprint density at radius 2 is 1.57 bits per heavy atom. The zero-order chi connectivity index (χ0) is 20.1. The van der Waals surface area contributed by atoms with Crippen LogP contribution in [-0.2, 0) is 19.6 Å². The molecule has 2 aliphatic heterocycles. The first kappa shape index (κ1) is 20.8. The Kier molecular flexibility index (Phi) is 6.72. The van der Waals surface area contributed by atoms with Gasteiger partial charge in [0.2, 0.25) is 10.0 Å². The predicted octanol–water partition coefficient (Wildman–Crippen LogP) is 2.42. The maximum atomic E-state index is 12.9. The minimum Gasteiger partial charge on any atom is -0.449 e. The Bertz CT molecular complexity index is 810. The van der Waals surface area contributed by atoms with Gasteiger partial charge in [-0.05, 0) is 50.8 Å². The second-order valence-corrected chi connectivity index (χ2v) is 9.36. The van der Waals surface area contributed by atoms with Gasteiger partial charge in [-0.15, -0.1) is 0 Å². The summed E-state index contributed by atoms with van der Waals surface area (Å²) in [6.45, 7) is 3.92. The van der Waals surface area contributed by atoms with E-state index in [4.69, 9.17) is 4.74 Å². The molecular formula is C20H28N2O5S. The average Bonchev–Trinajstić information content (AvgIpc) is 3.08. The van der Waals surface area contributed by atoms with Gasteiger partial charge in [0.05, 0.1) is 10.5 Å². The van der Waals surface area contributed by atoms with E-state index in [0.29, 0.717) is 26.2 Å². The SMILES string of the molecule is C[C@H](OC(=O)c1cccc(S(=O)(=O)N2CCCCCC2)c1)C(=O)N1CCCC1. The van der Waals surface area contributed by atoms with E-state index < -0.39 is 22.1 Å². The number of hydrogen-bond acceptors (Lipinski definition) is 5. The molecule has 1 atom stereocenters. The number of hydrogen-bond donors (Lipinski definition) is 0. The highest BCUT2D eigenvalue weighted by Gasteiger charge is 2.28. The van der Waals surface area contributed by atoms with E-state index in [2.05, 4.69) is 0 Å². The second kappa shape index (κ2) is 9.05. The third kappa shape index (κ3) is 4.72. The van der Waals surface area contributed by atoms with Gasteiger partial charge in [-0.25, -0.2) is 13.2 Å². The number of nitrogens with zero attached hydrogens (tertiary/aromatic N) is 2. The summed E-state index contributed by atoms with van der Waals surface area (Å²) in [5.41, 5.74) is 0.136. The molecule has 0 aliphatic carbocycles. The molecule has 0 N–H and O–H groups in total. The summed E-state index contributed by atoms with van der Waals surface area (Å²) in [5.74, 6) is -0.896. The fraction of sp³-hybridized carbons (Fsp3) is 0.600. The first-order valence-electron chi connectivity index (χ1n) is 9.99. The Hall–Kier alpha value is -1.93. The molecule has 28 heavy (non-hydrogen) atoms. The van der Waals surface area contributed by atoms with Gasteiger partial charge >= 0.3 is 5.97 Å². The fourth-order valence-corrected chi connectivity index (χ4v) is 5.25. The number of sulfonamides is 1. The largest absolute Gasteiger partial charge is 0.449 e. The third-order valence-electron chi connectivity index (χ3n) is 5.32. The van der Waals surface area contributed by atoms with Crippen LogP contribution in [0.3, 0.4) is 0 Å². The number of ether oxygens (including phenoxy) is 1. The molecule has 154 valence electrons. The second-order valence-electron chi connectivity index (χ2n) is 7.43. The van der Waals surface area contributed by atoms with Crippen LogP contribution >= 0.6 is 0 Å². The summed E-state index contributed by atoms with van der Waals surface area (Å²) >= 11 is 0. The summed E-state index contributed by atoms with van der Waals surface area (Å²) in [5, 5.41) is 0. The van der Waals surface area contributed by atoms with E-state index in [1.807, 2.05) is 0 Å². The van der Waals surface area contributed by atoms with Crippen LogP contribution in [0.1, 0.15) is 55.8 Å². The lowest BCUT2D eigenvalue weighted by Crippen LogP contribution is -2.38. The zero-order valence-corrected chi connectivity index (χ0v) is 17.1. The van der Waals surface area contributed by atoms with Crippen molar-refractivity contribution in [3.8, 4) is 0 Å². The Morgan fingerprint density at radius 1 is 0.964 bits per heavy atom. The van der Waals surface area contributed by atoms with E-state index in [-0.39, 0.29) is 16.4 Å². The number of benzene rings is 1. The number of likely N-dealkylation sites (tertiary alicyclic amines) is 1. The maximum absolute atomic E-state index is 12.9. The van der Waals surface area contributed by atoms with Crippen LogP contribution in [0.5, 0.6) is 0 Å². The van der Waals surface area contributed by atoms with Crippen LogP contribution in [0.4, 0.5) is 0 Å². The minimum atomic E-state index is -3.65. The quantitative estimate of drug-likeness (QED) is 0.699. The molecule has 0 saturated carbocycles. The van der Waals surface area contributed by atoms with Crippen LogP contribution in [0.25, 0.3) is 0 Å². The normalized spacial score (nSPS) is 19.8. The van der Waals surface area contributed by atoms with Gasteiger partial charge in [0.15, 0.2) is 6.10 Å². The summed E-state index contributed by atoms with van der Waals surface area (Å²) in [7, 11) is -3.65. The lowest BCUT2D eigenvalue weighted by atomic mass is 10.2. The summed E-state index contributed by atoms with van der Waals surface area (Å²) in [4.78, 5) is 26.6. The molecule has 2 fully saturated rings. The molecule has 0 radical (unpaired) electrons. The smallest absolute Gasteiger partial charge is 0.338 e. The number of amides is 1. The maximum Gasteiger partial charge on any atom is 0.338 e. The van der Waals surface area contributed by atoms with Crippen LogP contribution in [0.15, 0.2) is 29.2 Å². The topological polar surface area (TPSA) is 84.0 Å². The van der Waals surface area contributed by atoms with Crippen molar-refractivity contribution in [3.63, 3.8) is 0 Å². The molecule has 0 spiro atoms. The van der Waals surface area contributed by atoms with E-state index >= 15 is 0 Å². The van der Waals surface area contributed by atoms with Gasteiger partial charge in [-0.1, -0.05) is 18.9 Å². The predicted molar refractivity (Wildman–Crippen MR) is 104 cm³/mol. The van der Waals surface area contributed by atoms with Gasteiger partial charge in [-0.2, -0.15) is 4.31 Å². The Morgan fingerprint density at radius 3 is 2.21 bits per heavy atom. The van der Waals surface area contributed by atoms with E-state index in [1.54, 1.807) is 11.8 Å². The number of rotatable bonds is 5. The molecule has 0 unspecified atom stereocenters. The van der Waals surface area contributed by atoms with Crippen LogP contribution in [-0.4, -0.2) is 61.8 Å². The van der Waals surface area contributed by atoms with E-state index in [1.165, 1.54) is 28.6 Å². The van der Waals surface area contributed by atoms with Crippen molar-refractivity contribution in [2.24, 2.45) is 0 Å². The first-order valence-corrected chi connectivity index (χ1v) is 11.4. The highest BCUT2D eigenvalue weighted by Crippen LogP contribution is 2.22. The molecule has 0 aromatic heterocycles. The first-order chi connectivity index (χ1) is 13.4. The number of carbonyl (C=O) groups excluding carboxylic acids is 2. The van der Waals surface area contributed by atoms with Crippen molar-refractivity contribution in [2.75, 3.05) is 26.2 Å². The van der Waals surface area contributed by atoms with Crippen molar-refractivity contribution in [3.05, 3.63) is 29.8 Å². The van der Waals surface area contributed by atoms with Gasteiger partial charge < -0.3 is 9.64 Å². The molecular weight excluding hydrogens is 380 g/mol. The monoisotopic (exact) mass is 408 g/mol. The molecule has 1 aromatic carbocycles. The molecule has 0 bridgehead atoms. The van der Waals surface area contributed by atoms with E-state index in [9.17, 15) is 18.0 Å². The van der Waals surface area contributed by atoms with Gasteiger partial charge in [-0.3, -0.25) is 4.79 Å². The summed E-state index contributed by atoms with van der Waals surface area (Å²) in [6, 6.07) is 5.89. The minimum absolute atomic E-state index is 0.0855. The molecule has 8 heteroatoms. The Balaban J connectivity index is 1.71. The van der Waals surface area contributed by atoms with E-state index in [0.717, 1.165) is 38.5 Å². The highest BCUT2D eigenvalue weighted by molar-refractivity contribution is 7.89. The van der Waals surface area contributed by atoms with Crippen LogP contribution < -0.4 is 0 Å². The van der Waals surface area contributed by atoms with Crippen molar-refractivity contribution in [2.45, 2.75) is 56.4 Å². The molecule has 7 nitrogen and oxygen atoms in total. The average molecular weight is 409 g/mol. The highest BCUT2D eigenvalue weighted by atomic mass is 32.2. The molecule has 2 aliphatic rings. The summed E-state index contributed by atoms with van der Waals surface area (Å²) in [6.07, 6.45) is 4.78. The zero-order valence-electron chi connectivity index (χ0n) is 16.3. The van der Waals surface area contributed by atoms with Gasteiger partial charge in [0.25, 0.3) is 5.91 Å². The standard InChI is InChI=1S/C20H28N2O5S/c1-16(19(23)21-11-6-7-12-21)27-20(24)17-9-8-10-18(15-17)28(25,26)22-13-4-2-3-5-14-22/h8-10,15-16H,2-7,11-14H2,1H3/t16-/m0/s1. The van der Waals surface area contributed by atoms with Crippen molar-refractivity contribution < 1.29 is 22.7 Å². The fourth-order valence-electron chi connectivity index (χ4n) is 3.69. The molecule has 1 amide bonds. The number of carbonyl (C=O) groups is 2. The number of esters is 1. The summed E-state index contributed by atoms with van der Waals surface area (Å²) < 4.78 is 32.7. The van der Waals surface area contributed by atoms with Gasteiger partial charge in [0.1, 0.15) is 0 Å². The molecule has 2 heterocycles.